The van der Waals surface area contributed by atoms with E-state index in [1.807, 2.05) is 0 Å². The second-order valence-electron chi connectivity index (χ2n) is 4.81. The molecule has 1 aromatic carbocycles. The monoisotopic (exact) mass is 283 g/mol. The van der Waals surface area contributed by atoms with Gasteiger partial charge in [-0.2, -0.15) is 4.39 Å². The van der Waals surface area contributed by atoms with Gasteiger partial charge < -0.3 is 4.90 Å². The molecule has 0 unspecified atom stereocenters. The van der Waals surface area contributed by atoms with Crippen molar-refractivity contribution in [1.29, 1.82) is 0 Å². The number of piperazine rings is 1. The molecule has 1 amide bonds. The van der Waals surface area contributed by atoms with Crippen LogP contribution in [-0.4, -0.2) is 49.1 Å². The van der Waals surface area contributed by atoms with Crippen LogP contribution in [0.2, 0.25) is 0 Å². The smallest absolute Gasteiger partial charge is 0.305 e. The fourth-order valence-corrected chi connectivity index (χ4v) is 2.00. The van der Waals surface area contributed by atoms with E-state index >= 15 is 0 Å². The molecule has 0 atom stereocenters. The zero-order chi connectivity index (χ0) is 14.7. The molecule has 1 aromatic rings. The maximum atomic E-state index is 13.2. The number of quaternary nitrogens is 1. The number of nitrogens with zero attached hydrogens (tertiary/aromatic N) is 2. The van der Waals surface area contributed by atoms with Crippen LogP contribution in [0.3, 0.4) is 0 Å². The topological polar surface area (TPSA) is 79.9 Å². The Morgan fingerprint density at radius 3 is 2.70 bits per heavy atom. The summed E-state index contributed by atoms with van der Waals surface area (Å²) in [6.45, 7) is 3.23. The molecule has 2 rings (SSSR count). The Kier molecular flexibility index (Phi) is 4.26. The molecule has 0 radical (unpaired) electrons. The number of carbonyl (C=O) groups excluding carboxylic acids is 1. The molecule has 2 N–H and O–H groups in total. The first kappa shape index (κ1) is 14.4. The Balaban J connectivity index is 2.06. The Bertz CT molecular complexity index is 529. The lowest BCUT2D eigenvalue weighted by Crippen LogP contribution is -3.12. The summed E-state index contributed by atoms with van der Waals surface area (Å²) in [6.07, 6.45) is 0. The van der Waals surface area contributed by atoms with Crippen LogP contribution in [0.25, 0.3) is 0 Å². The number of benzene rings is 1. The summed E-state index contributed by atoms with van der Waals surface area (Å²) in [5.74, 6) is -1.41. The normalized spacial score (nSPS) is 16.9. The molecule has 1 fully saturated rings. The van der Waals surface area contributed by atoms with Gasteiger partial charge in [-0.15, -0.1) is 0 Å². The number of hydrazine groups is 1. The summed E-state index contributed by atoms with van der Waals surface area (Å²) in [5, 5.41) is 12.4. The molecule has 20 heavy (non-hydrogen) atoms. The number of carbonyl (C=O) groups is 1. The van der Waals surface area contributed by atoms with E-state index < -0.39 is 22.3 Å². The average molecular weight is 283 g/mol. The lowest BCUT2D eigenvalue weighted by Gasteiger charge is -2.30. The van der Waals surface area contributed by atoms with Crippen LogP contribution in [0.1, 0.15) is 10.4 Å². The largest absolute Gasteiger partial charge is 0.335 e. The summed E-state index contributed by atoms with van der Waals surface area (Å²) in [7, 11) is 2.07. The number of amides is 1. The predicted octanol–water partition coefficient (Wildman–Crippen LogP) is -0.791. The molecule has 0 aromatic heterocycles. The van der Waals surface area contributed by atoms with Crippen molar-refractivity contribution in [2.24, 2.45) is 0 Å². The van der Waals surface area contributed by atoms with Gasteiger partial charge in [0.15, 0.2) is 0 Å². The molecule has 0 saturated carbocycles. The lowest BCUT2D eigenvalue weighted by molar-refractivity contribution is -0.884. The number of halogens is 1. The van der Waals surface area contributed by atoms with E-state index in [1.54, 1.807) is 5.01 Å². The van der Waals surface area contributed by atoms with E-state index in [9.17, 15) is 19.3 Å². The van der Waals surface area contributed by atoms with Crippen LogP contribution >= 0.6 is 0 Å². The van der Waals surface area contributed by atoms with Gasteiger partial charge in [0.05, 0.1) is 38.2 Å². The van der Waals surface area contributed by atoms with Gasteiger partial charge in [0, 0.05) is 11.6 Å². The first-order chi connectivity index (χ1) is 9.47. The zero-order valence-electron chi connectivity index (χ0n) is 11.1. The second kappa shape index (κ2) is 5.93. The zero-order valence-corrected chi connectivity index (χ0v) is 11.1. The molecule has 0 aliphatic carbocycles. The highest BCUT2D eigenvalue weighted by molar-refractivity contribution is 5.94. The summed E-state index contributed by atoms with van der Waals surface area (Å²) < 4.78 is 13.2. The fourth-order valence-electron chi connectivity index (χ4n) is 2.00. The van der Waals surface area contributed by atoms with E-state index in [-0.39, 0.29) is 5.56 Å². The Morgan fingerprint density at radius 1 is 1.45 bits per heavy atom. The van der Waals surface area contributed by atoms with Gasteiger partial charge >= 0.3 is 5.69 Å². The van der Waals surface area contributed by atoms with E-state index in [0.29, 0.717) is 13.1 Å². The molecular formula is C12H16FN4O3+. The van der Waals surface area contributed by atoms with Gasteiger partial charge in [0.25, 0.3) is 5.91 Å². The van der Waals surface area contributed by atoms with Crippen molar-refractivity contribution >= 4 is 11.6 Å². The quantitative estimate of drug-likeness (QED) is 0.563. The Labute approximate surface area is 115 Å². The van der Waals surface area contributed by atoms with Crippen molar-refractivity contribution in [2.75, 3.05) is 33.2 Å². The van der Waals surface area contributed by atoms with Crippen molar-refractivity contribution in [3.8, 4) is 0 Å². The maximum absolute atomic E-state index is 13.2. The number of hydrogen-bond donors (Lipinski definition) is 2. The molecule has 7 nitrogen and oxygen atoms in total. The third-order valence-corrected chi connectivity index (χ3v) is 3.28. The molecule has 0 bridgehead atoms. The number of nitro benzene ring substituents is 1. The molecular weight excluding hydrogens is 267 g/mol. The first-order valence-corrected chi connectivity index (χ1v) is 6.28. The minimum atomic E-state index is -0.949. The number of nitrogens with one attached hydrogen (secondary N) is 2. The van der Waals surface area contributed by atoms with Gasteiger partial charge in [0.1, 0.15) is 0 Å². The average Bonchev–Trinajstić information content (AvgIpc) is 2.41. The van der Waals surface area contributed by atoms with Gasteiger partial charge in [-0.1, -0.05) is 0 Å². The van der Waals surface area contributed by atoms with Crippen LogP contribution < -0.4 is 10.3 Å². The molecule has 8 heteroatoms. The molecule has 1 heterocycles. The summed E-state index contributed by atoms with van der Waals surface area (Å²) in [5.41, 5.74) is 2.06. The van der Waals surface area contributed by atoms with Crippen LogP contribution in [0, 0.1) is 15.9 Å². The number of nitro groups is 1. The molecule has 108 valence electrons. The Hall–Kier alpha value is -2.06. The maximum Gasteiger partial charge on any atom is 0.305 e. The van der Waals surface area contributed by atoms with Crippen molar-refractivity contribution in [3.05, 3.63) is 39.7 Å². The number of hydrogen-bond acceptors (Lipinski definition) is 4. The van der Waals surface area contributed by atoms with Crippen molar-refractivity contribution in [2.45, 2.75) is 0 Å². The van der Waals surface area contributed by atoms with Gasteiger partial charge in [-0.3, -0.25) is 20.3 Å². The summed E-state index contributed by atoms with van der Waals surface area (Å²) in [6, 6.07) is 3.12. The number of rotatable bonds is 3. The standard InChI is InChI=1S/C12H15FN4O3/c1-15-4-6-16(7-5-15)14-12(18)9-2-3-10(13)11(8-9)17(19)20/h2-3,8H,4-7H2,1H3,(H,14,18)/p+1. The van der Waals surface area contributed by atoms with Crippen molar-refractivity contribution in [3.63, 3.8) is 0 Å². The SMILES string of the molecule is C[NH+]1CCN(NC(=O)c2ccc(F)c([N+](=O)[O-])c2)CC1. The highest BCUT2D eigenvalue weighted by Crippen LogP contribution is 2.18. The van der Waals surface area contributed by atoms with Crippen molar-refractivity contribution < 1.29 is 19.0 Å². The summed E-state index contributed by atoms with van der Waals surface area (Å²) in [4.78, 5) is 23.2. The first-order valence-electron chi connectivity index (χ1n) is 6.28. The van der Waals surface area contributed by atoms with E-state index in [0.717, 1.165) is 25.2 Å². The highest BCUT2D eigenvalue weighted by atomic mass is 19.1. The van der Waals surface area contributed by atoms with Crippen LogP contribution in [0.5, 0.6) is 0 Å². The van der Waals surface area contributed by atoms with E-state index in [1.165, 1.54) is 11.0 Å². The van der Waals surface area contributed by atoms with Gasteiger partial charge in [-0.05, 0) is 12.1 Å². The predicted molar refractivity (Wildman–Crippen MR) is 68.7 cm³/mol. The third kappa shape index (κ3) is 3.28. The molecule has 0 spiro atoms. The lowest BCUT2D eigenvalue weighted by atomic mass is 10.2. The third-order valence-electron chi connectivity index (χ3n) is 3.28. The van der Waals surface area contributed by atoms with Gasteiger partial charge in [0.2, 0.25) is 5.82 Å². The molecule has 1 aliphatic rings. The van der Waals surface area contributed by atoms with E-state index in [2.05, 4.69) is 12.5 Å². The minimum absolute atomic E-state index is 0.0735. The fraction of sp³-hybridized carbons (Fsp3) is 0.417. The van der Waals surface area contributed by atoms with Crippen LogP contribution in [0.4, 0.5) is 10.1 Å². The summed E-state index contributed by atoms with van der Waals surface area (Å²) >= 11 is 0. The van der Waals surface area contributed by atoms with Gasteiger partial charge in [-0.25, -0.2) is 5.01 Å². The molecule has 1 aliphatic heterocycles. The second-order valence-corrected chi connectivity index (χ2v) is 4.81. The Morgan fingerprint density at radius 2 is 2.10 bits per heavy atom. The molecule has 1 saturated heterocycles. The van der Waals surface area contributed by atoms with Crippen LogP contribution in [0.15, 0.2) is 18.2 Å². The number of likely N-dealkylation sites (N-methyl/N-ethyl adjacent to an activating group) is 1. The van der Waals surface area contributed by atoms with E-state index in [4.69, 9.17) is 0 Å². The highest BCUT2D eigenvalue weighted by Gasteiger charge is 2.21. The minimum Gasteiger partial charge on any atom is -0.335 e. The van der Waals surface area contributed by atoms with Crippen molar-refractivity contribution in [1.82, 2.24) is 10.4 Å². The van der Waals surface area contributed by atoms with Crippen LogP contribution in [-0.2, 0) is 0 Å².